The average Bonchev–Trinajstić information content (AvgIpc) is 2.86. The Balaban J connectivity index is 1.71. The van der Waals surface area contributed by atoms with Gasteiger partial charge in [0.15, 0.2) is 0 Å². The van der Waals surface area contributed by atoms with Crippen LogP contribution < -0.4 is 5.32 Å². The lowest BCUT2D eigenvalue weighted by atomic mass is 10.1. The Labute approximate surface area is 122 Å². The molecule has 0 saturated carbocycles. The van der Waals surface area contributed by atoms with Gasteiger partial charge >= 0.3 is 5.97 Å². The first-order chi connectivity index (χ1) is 10.2. The normalized spacial score (nSPS) is 10.7. The Morgan fingerprint density at radius 2 is 2.14 bits per heavy atom. The van der Waals surface area contributed by atoms with E-state index in [9.17, 15) is 9.59 Å². The number of aliphatic carboxylic acids is 1. The van der Waals surface area contributed by atoms with Crippen LogP contribution in [0.5, 0.6) is 0 Å². The van der Waals surface area contributed by atoms with Gasteiger partial charge in [0.25, 0.3) is 0 Å². The number of nitrogens with one attached hydrogen (secondary N) is 2. The van der Waals surface area contributed by atoms with E-state index in [0.29, 0.717) is 19.4 Å². The van der Waals surface area contributed by atoms with Crippen LogP contribution in [0.15, 0.2) is 24.5 Å². The number of carboxylic acid groups (broad SMARTS) is 1. The lowest BCUT2D eigenvalue weighted by Gasteiger charge is -2.04. The van der Waals surface area contributed by atoms with Crippen LogP contribution in [-0.4, -0.2) is 33.5 Å². The molecule has 2 rings (SSSR count). The Morgan fingerprint density at radius 1 is 1.29 bits per heavy atom. The van der Waals surface area contributed by atoms with Gasteiger partial charge in [-0.15, -0.1) is 0 Å². The van der Waals surface area contributed by atoms with Gasteiger partial charge in [-0.3, -0.25) is 9.59 Å². The van der Waals surface area contributed by atoms with Crippen molar-refractivity contribution < 1.29 is 14.7 Å². The predicted molar refractivity (Wildman–Crippen MR) is 78.9 cm³/mol. The fraction of sp³-hybridized carbons (Fsp3) is 0.400. The number of unbranched alkanes of at least 4 members (excludes halogenated alkanes) is 2. The van der Waals surface area contributed by atoms with Gasteiger partial charge in [0.1, 0.15) is 5.65 Å². The number of carbonyl (C=O) groups is 2. The summed E-state index contributed by atoms with van der Waals surface area (Å²) in [6.45, 7) is 0.582. The number of pyridine rings is 1. The van der Waals surface area contributed by atoms with E-state index in [1.165, 1.54) is 0 Å². The summed E-state index contributed by atoms with van der Waals surface area (Å²) in [6.07, 6.45) is 6.29. The van der Waals surface area contributed by atoms with Crippen molar-refractivity contribution in [3.8, 4) is 0 Å². The minimum Gasteiger partial charge on any atom is -0.481 e. The molecule has 21 heavy (non-hydrogen) atoms. The molecule has 0 aromatic carbocycles. The summed E-state index contributed by atoms with van der Waals surface area (Å²) in [5.41, 5.74) is 1.72. The maximum atomic E-state index is 11.9. The number of aromatic nitrogens is 2. The molecule has 0 spiro atoms. The van der Waals surface area contributed by atoms with Crippen LogP contribution in [0, 0.1) is 0 Å². The highest BCUT2D eigenvalue weighted by Crippen LogP contribution is 2.15. The molecule has 0 aliphatic carbocycles. The third-order valence-electron chi connectivity index (χ3n) is 3.28. The van der Waals surface area contributed by atoms with Crippen LogP contribution in [0.2, 0.25) is 0 Å². The number of carbonyl (C=O) groups excluding carboxylic acids is 1. The van der Waals surface area contributed by atoms with E-state index in [1.54, 1.807) is 6.20 Å². The Bertz CT molecular complexity index is 621. The summed E-state index contributed by atoms with van der Waals surface area (Å²) in [4.78, 5) is 29.4. The highest BCUT2D eigenvalue weighted by molar-refractivity contribution is 5.86. The van der Waals surface area contributed by atoms with Crippen molar-refractivity contribution in [2.75, 3.05) is 6.54 Å². The van der Waals surface area contributed by atoms with Gasteiger partial charge in [0.05, 0.1) is 6.42 Å². The van der Waals surface area contributed by atoms with Gasteiger partial charge in [-0.05, 0) is 30.5 Å². The van der Waals surface area contributed by atoms with Crippen LogP contribution in [0.25, 0.3) is 11.0 Å². The number of hydrogen-bond acceptors (Lipinski definition) is 3. The molecule has 2 heterocycles. The number of hydrogen-bond donors (Lipinski definition) is 3. The second-order valence-electron chi connectivity index (χ2n) is 4.94. The predicted octanol–water partition coefficient (Wildman–Crippen LogP) is 1.87. The largest absolute Gasteiger partial charge is 0.481 e. The molecule has 0 atom stereocenters. The van der Waals surface area contributed by atoms with Crippen molar-refractivity contribution >= 4 is 22.9 Å². The molecule has 6 nitrogen and oxygen atoms in total. The molecule has 0 unspecified atom stereocenters. The molecule has 1 amide bonds. The molecular weight excluding hydrogens is 270 g/mol. The SMILES string of the molecule is O=C(O)CCCCCNC(=O)Cc1c[nH]c2ncccc12. The molecule has 0 radical (unpaired) electrons. The third kappa shape index (κ3) is 4.59. The zero-order valence-corrected chi connectivity index (χ0v) is 11.8. The van der Waals surface area contributed by atoms with E-state index >= 15 is 0 Å². The Kier molecular flexibility index (Phi) is 5.31. The van der Waals surface area contributed by atoms with Crippen LogP contribution in [0.1, 0.15) is 31.2 Å². The van der Waals surface area contributed by atoms with Crippen molar-refractivity contribution in [3.63, 3.8) is 0 Å². The number of aromatic amines is 1. The van der Waals surface area contributed by atoms with E-state index in [4.69, 9.17) is 5.11 Å². The molecule has 0 aliphatic rings. The second kappa shape index (κ2) is 7.42. The molecule has 112 valence electrons. The number of nitrogens with zero attached hydrogens (tertiary/aromatic N) is 1. The number of rotatable bonds is 8. The first kappa shape index (κ1) is 15.0. The first-order valence-electron chi connectivity index (χ1n) is 7.06. The smallest absolute Gasteiger partial charge is 0.303 e. The molecule has 0 fully saturated rings. The van der Waals surface area contributed by atoms with Crippen LogP contribution >= 0.6 is 0 Å². The molecular formula is C15H19N3O3. The first-order valence-corrected chi connectivity index (χ1v) is 7.06. The minimum absolute atomic E-state index is 0.0296. The summed E-state index contributed by atoms with van der Waals surface area (Å²) >= 11 is 0. The van der Waals surface area contributed by atoms with Crippen LogP contribution in [0.4, 0.5) is 0 Å². The van der Waals surface area contributed by atoms with Gasteiger partial charge in [-0.2, -0.15) is 0 Å². The standard InChI is InChI=1S/C15H19N3O3/c19-13(16-7-3-1-2-6-14(20)21)9-11-10-18-15-12(11)5-4-8-17-15/h4-5,8,10H,1-3,6-7,9H2,(H,16,19)(H,17,18)(H,20,21). The maximum absolute atomic E-state index is 11.9. The summed E-state index contributed by atoms with van der Waals surface area (Å²) in [5, 5.41) is 12.3. The van der Waals surface area contributed by atoms with Crippen molar-refractivity contribution in [1.82, 2.24) is 15.3 Å². The third-order valence-corrected chi connectivity index (χ3v) is 3.28. The van der Waals surface area contributed by atoms with E-state index in [0.717, 1.165) is 29.4 Å². The highest BCUT2D eigenvalue weighted by atomic mass is 16.4. The fourth-order valence-corrected chi connectivity index (χ4v) is 2.20. The number of fused-ring (bicyclic) bond motifs is 1. The topological polar surface area (TPSA) is 95.1 Å². The van der Waals surface area contributed by atoms with E-state index in [2.05, 4.69) is 15.3 Å². The van der Waals surface area contributed by atoms with Gasteiger partial charge in [0, 0.05) is 30.7 Å². The summed E-state index contributed by atoms with van der Waals surface area (Å²) in [7, 11) is 0. The number of carboxylic acids is 1. The number of H-pyrrole nitrogens is 1. The van der Waals surface area contributed by atoms with E-state index in [-0.39, 0.29) is 12.3 Å². The summed E-state index contributed by atoms with van der Waals surface area (Å²) in [5.74, 6) is -0.801. The van der Waals surface area contributed by atoms with Gasteiger partial charge in [0.2, 0.25) is 5.91 Å². The second-order valence-corrected chi connectivity index (χ2v) is 4.94. The summed E-state index contributed by atoms with van der Waals surface area (Å²) in [6, 6.07) is 3.79. The molecule has 0 aliphatic heterocycles. The van der Waals surface area contributed by atoms with E-state index < -0.39 is 5.97 Å². The molecule has 2 aromatic heterocycles. The van der Waals surface area contributed by atoms with Crippen molar-refractivity contribution in [2.24, 2.45) is 0 Å². The monoisotopic (exact) mass is 289 g/mol. The summed E-state index contributed by atoms with van der Waals surface area (Å²) < 4.78 is 0. The fourth-order valence-electron chi connectivity index (χ4n) is 2.20. The quantitative estimate of drug-likeness (QED) is 0.646. The van der Waals surface area contributed by atoms with Crippen molar-refractivity contribution in [2.45, 2.75) is 32.1 Å². The van der Waals surface area contributed by atoms with Gasteiger partial charge in [-0.25, -0.2) is 4.98 Å². The van der Waals surface area contributed by atoms with Crippen LogP contribution in [-0.2, 0) is 16.0 Å². The molecule has 0 bridgehead atoms. The zero-order chi connectivity index (χ0) is 15.1. The zero-order valence-electron chi connectivity index (χ0n) is 11.8. The molecule has 6 heteroatoms. The highest BCUT2D eigenvalue weighted by Gasteiger charge is 2.08. The minimum atomic E-state index is -0.771. The van der Waals surface area contributed by atoms with E-state index in [1.807, 2.05) is 18.3 Å². The molecule has 0 saturated heterocycles. The van der Waals surface area contributed by atoms with Crippen LogP contribution in [0.3, 0.4) is 0 Å². The van der Waals surface area contributed by atoms with Crippen molar-refractivity contribution in [1.29, 1.82) is 0 Å². The van der Waals surface area contributed by atoms with Crippen molar-refractivity contribution in [3.05, 3.63) is 30.1 Å². The molecule has 2 aromatic rings. The van der Waals surface area contributed by atoms with Gasteiger partial charge in [-0.1, -0.05) is 6.42 Å². The maximum Gasteiger partial charge on any atom is 0.303 e. The number of amides is 1. The Morgan fingerprint density at radius 3 is 2.95 bits per heavy atom. The average molecular weight is 289 g/mol. The molecule has 3 N–H and O–H groups in total. The van der Waals surface area contributed by atoms with Gasteiger partial charge < -0.3 is 15.4 Å². The lowest BCUT2D eigenvalue weighted by Crippen LogP contribution is -2.26. The Hall–Kier alpha value is -2.37. The lowest BCUT2D eigenvalue weighted by molar-refractivity contribution is -0.137.